The van der Waals surface area contributed by atoms with Crippen LogP contribution in [-0.4, -0.2) is 23.8 Å². The first-order valence-electron chi connectivity index (χ1n) is 7.35. The van der Waals surface area contributed by atoms with E-state index in [1.54, 1.807) is 13.2 Å². The Morgan fingerprint density at radius 2 is 2.16 bits per heavy atom. The van der Waals surface area contributed by atoms with E-state index >= 15 is 0 Å². The number of ether oxygens (including phenoxy) is 3. The SMILES string of the molecule is COc1cc(/C=C/c2nc3ccc([N+](=O)[O-])cc3s2)cc2c1OCO2. The number of hydrogen-bond donors (Lipinski definition) is 0. The summed E-state index contributed by atoms with van der Waals surface area (Å²) in [5.74, 6) is 1.85. The Labute approximate surface area is 146 Å². The van der Waals surface area contributed by atoms with Crippen LogP contribution in [-0.2, 0) is 0 Å². The first-order valence-corrected chi connectivity index (χ1v) is 8.16. The Balaban J connectivity index is 1.66. The second kappa shape index (κ2) is 6.06. The molecule has 0 radical (unpaired) electrons. The highest BCUT2D eigenvalue weighted by Crippen LogP contribution is 2.42. The van der Waals surface area contributed by atoms with Crippen molar-refractivity contribution in [3.8, 4) is 17.2 Å². The molecule has 7 nitrogen and oxygen atoms in total. The van der Waals surface area contributed by atoms with Crippen molar-refractivity contribution >= 4 is 39.4 Å². The van der Waals surface area contributed by atoms with Gasteiger partial charge in [0.1, 0.15) is 5.01 Å². The molecule has 1 aliphatic heterocycles. The smallest absolute Gasteiger partial charge is 0.270 e. The molecule has 0 saturated heterocycles. The quantitative estimate of drug-likeness (QED) is 0.517. The van der Waals surface area contributed by atoms with Gasteiger partial charge in [0.25, 0.3) is 5.69 Å². The zero-order valence-electron chi connectivity index (χ0n) is 13.1. The molecule has 0 atom stereocenters. The number of nitro benzene ring substituents is 1. The molecule has 8 heteroatoms. The Bertz CT molecular complexity index is 1010. The van der Waals surface area contributed by atoms with E-state index < -0.39 is 4.92 Å². The van der Waals surface area contributed by atoms with Gasteiger partial charge in [-0.2, -0.15) is 0 Å². The predicted octanol–water partition coefficient (Wildman–Crippen LogP) is 4.11. The second-order valence-electron chi connectivity index (χ2n) is 5.25. The van der Waals surface area contributed by atoms with Crippen molar-refractivity contribution in [3.63, 3.8) is 0 Å². The zero-order valence-corrected chi connectivity index (χ0v) is 13.9. The van der Waals surface area contributed by atoms with E-state index in [-0.39, 0.29) is 12.5 Å². The van der Waals surface area contributed by atoms with Crippen LogP contribution in [0.5, 0.6) is 17.2 Å². The monoisotopic (exact) mass is 356 g/mol. The van der Waals surface area contributed by atoms with Crippen molar-refractivity contribution in [2.45, 2.75) is 0 Å². The molecule has 0 fully saturated rings. The van der Waals surface area contributed by atoms with Crippen LogP contribution >= 0.6 is 11.3 Å². The van der Waals surface area contributed by atoms with Crippen LogP contribution in [0.25, 0.3) is 22.4 Å². The average molecular weight is 356 g/mol. The number of nitro groups is 1. The van der Waals surface area contributed by atoms with Gasteiger partial charge < -0.3 is 14.2 Å². The van der Waals surface area contributed by atoms with Gasteiger partial charge in [0.15, 0.2) is 11.5 Å². The summed E-state index contributed by atoms with van der Waals surface area (Å²) in [7, 11) is 1.57. The van der Waals surface area contributed by atoms with Crippen LogP contribution in [0.2, 0.25) is 0 Å². The maximum Gasteiger partial charge on any atom is 0.270 e. The van der Waals surface area contributed by atoms with Crippen LogP contribution < -0.4 is 14.2 Å². The third kappa shape index (κ3) is 2.87. The lowest BCUT2D eigenvalue weighted by Crippen LogP contribution is -1.93. The normalized spacial score (nSPS) is 12.8. The topological polar surface area (TPSA) is 83.7 Å². The maximum absolute atomic E-state index is 10.9. The number of aromatic nitrogens is 1. The lowest BCUT2D eigenvalue weighted by molar-refractivity contribution is -0.384. The fourth-order valence-corrected chi connectivity index (χ4v) is 3.43. The van der Waals surface area contributed by atoms with E-state index in [1.165, 1.54) is 23.5 Å². The summed E-state index contributed by atoms with van der Waals surface area (Å²) >= 11 is 1.39. The van der Waals surface area contributed by atoms with E-state index in [4.69, 9.17) is 14.2 Å². The molecular weight excluding hydrogens is 344 g/mol. The van der Waals surface area contributed by atoms with Gasteiger partial charge in [-0.1, -0.05) is 6.08 Å². The van der Waals surface area contributed by atoms with E-state index in [0.717, 1.165) is 20.8 Å². The van der Waals surface area contributed by atoms with Crippen molar-refractivity contribution in [1.82, 2.24) is 4.98 Å². The van der Waals surface area contributed by atoms with Gasteiger partial charge >= 0.3 is 0 Å². The predicted molar refractivity (Wildman–Crippen MR) is 94.3 cm³/mol. The number of non-ortho nitro benzene ring substituents is 1. The minimum atomic E-state index is -0.409. The summed E-state index contributed by atoms with van der Waals surface area (Å²) in [5, 5.41) is 11.6. The van der Waals surface area contributed by atoms with Crippen molar-refractivity contribution < 1.29 is 19.1 Å². The Morgan fingerprint density at radius 3 is 2.96 bits per heavy atom. The highest BCUT2D eigenvalue weighted by atomic mass is 32.1. The number of hydrogen-bond acceptors (Lipinski definition) is 7. The molecule has 1 aliphatic rings. The summed E-state index contributed by atoms with van der Waals surface area (Å²) in [6.45, 7) is 0.176. The average Bonchev–Trinajstić information content (AvgIpc) is 3.24. The largest absolute Gasteiger partial charge is 0.493 e. The fraction of sp³-hybridized carbons (Fsp3) is 0.118. The molecule has 0 aliphatic carbocycles. The highest BCUT2D eigenvalue weighted by molar-refractivity contribution is 7.19. The van der Waals surface area contributed by atoms with Crippen LogP contribution in [0.15, 0.2) is 30.3 Å². The second-order valence-corrected chi connectivity index (χ2v) is 6.31. The van der Waals surface area contributed by atoms with Crippen molar-refractivity contribution in [1.29, 1.82) is 0 Å². The number of nitrogens with zero attached hydrogens (tertiary/aromatic N) is 2. The molecule has 4 rings (SSSR count). The number of rotatable bonds is 4. The lowest BCUT2D eigenvalue weighted by Gasteiger charge is -2.05. The first kappa shape index (κ1) is 15.4. The van der Waals surface area contributed by atoms with Crippen molar-refractivity contribution in [2.75, 3.05) is 13.9 Å². The molecule has 2 heterocycles. The van der Waals surface area contributed by atoms with Gasteiger partial charge in [-0.05, 0) is 29.8 Å². The molecule has 0 bridgehead atoms. The van der Waals surface area contributed by atoms with E-state index in [0.29, 0.717) is 17.2 Å². The summed E-state index contributed by atoms with van der Waals surface area (Å²) in [4.78, 5) is 14.9. The maximum atomic E-state index is 10.9. The van der Waals surface area contributed by atoms with Crippen molar-refractivity contribution in [2.24, 2.45) is 0 Å². The molecule has 1 aromatic heterocycles. The molecule has 2 aromatic carbocycles. The highest BCUT2D eigenvalue weighted by Gasteiger charge is 2.19. The molecule has 3 aromatic rings. The Kier molecular flexibility index (Phi) is 3.73. The Hall–Kier alpha value is -3.13. The molecule has 0 spiro atoms. The number of benzene rings is 2. The zero-order chi connectivity index (χ0) is 17.4. The van der Waals surface area contributed by atoms with Gasteiger partial charge in [-0.25, -0.2) is 4.98 Å². The molecule has 0 amide bonds. The summed E-state index contributed by atoms with van der Waals surface area (Å²) in [6, 6.07) is 8.36. The molecule has 0 saturated carbocycles. The molecular formula is C17H12N2O5S. The lowest BCUT2D eigenvalue weighted by atomic mass is 10.1. The number of thiazole rings is 1. The summed E-state index contributed by atoms with van der Waals surface area (Å²) < 4.78 is 16.9. The van der Waals surface area contributed by atoms with Crippen LogP contribution in [0.4, 0.5) is 5.69 Å². The van der Waals surface area contributed by atoms with E-state index in [2.05, 4.69) is 4.98 Å². The third-order valence-electron chi connectivity index (χ3n) is 3.70. The number of fused-ring (bicyclic) bond motifs is 2. The minimum absolute atomic E-state index is 0.0622. The van der Waals surface area contributed by atoms with Gasteiger partial charge in [-0.3, -0.25) is 10.1 Å². The first-order chi connectivity index (χ1) is 12.1. The number of methoxy groups -OCH3 is 1. The van der Waals surface area contributed by atoms with Gasteiger partial charge in [0.2, 0.25) is 12.5 Å². The van der Waals surface area contributed by atoms with Crippen LogP contribution in [0, 0.1) is 10.1 Å². The van der Waals surface area contributed by atoms with E-state index in [9.17, 15) is 10.1 Å². The van der Waals surface area contributed by atoms with Crippen LogP contribution in [0.1, 0.15) is 10.6 Å². The summed E-state index contributed by atoms with van der Waals surface area (Å²) in [5.41, 5.74) is 1.68. The van der Waals surface area contributed by atoms with Gasteiger partial charge in [0, 0.05) is 12.1 Å². The van der Waals surface area contributed by atoms with E-state index in [1.807, 2.05) is 24.3 Å². The molecule has 0 N–H and O–H groups in total. The molecule has 25 heavy (non-hydrogen) atoms. The fourth-order valence-electron chi connectivity index (χ4n) is 2.53. The Morgan fingerprint density at radius 1 is 1.28 bits per heavy atom. The summed E-state index contributed by atoms with van der Waals surface area (Å²) in [6.07, 6.45) is 3.74. The van der Waals surface area contributed by atoms with Crippen LogP contribution in [0.3, 0.4) is 0 Å². The van der Waals surface area contributed by atoms with Crippen molar-refractivity contribution in [3.05, 3.63) is 51.0 Å². The minimum Gasteiger partial charge on any atom is -0.493 e. The molecule has 0 unspecified atom stereocenters. The van der Waals surface area contributed by atoms with Gasteiger partial charge in [0.05, 0.1) is 22.2 Å². The van der Waals surface area contributed by atoms with Gasteiger partial charge in [-0.15, -0.1) is 11.3 Å². The molecule has 126 valence electrons. The third-order valence-corrected chi connectivity index (χ3v) is 4.68. The standard InChI is InChI=1S/C17H12N2O5S/c1-22-13-6-10(7-14-17(13)24-9-23-14)2-5-16-18-12-4-3-11(19(20)21)8-15(12)25-16/h2-8H,9H2,1H3/b5-2+.